The van der Waals surface area contributed by atoms with Gasteiger partial charge in [0.05, 0.1) is 32.9 Å². The highest BCUT2D eigenvalue weighted by molar-refractivity contribution is 4.94. The van der Waals surface area contributed by atoms with Gasteiger partial charge in [0.15, 0.2) is 5.82 Å². The molecule has 0 N–H and O–H groups in total. The molecule has 1 aromatic rings. The van der Waals surface area contributed by atoms with Crippen LogP contribution >= 0.6 is 0 Å². The Morgan fingerprint density at radius 3 is 2.76 bits per heavy atom. The van der Waals surface area contributed by atoms with Crippen molar-refractivity contribution in [1.29, 1.82) is 0 Å². The number of aromatic nitrogens is 3. The molecule has 0 unspecified atom stereocenters. The van der Waals surface area contributed by atoms with Gasteiger partial charge in [0.25, 0.3) is 0 Å². The van der Waals surface area contributed by atoms with Crippen LogP contribution in [0.15, 0.2) is 0 Å². The Hall–Kier alpha value is -0.980. The van der Waals surface area contributed by atoms with Crippen molar-refractivity contribution >= 4 is 0 Å². The molecule has 0 aromatic carbocycles. The van der Waals surface area contributed by atoms with Gasteiger partial charge in [-0.25, -0.2) is 9.67 Å². The molecular formula is C15H26N4O2. The van der Waals surface area contributed by atoms with Crippen LogP contribution in [0, 0.1) is 0 Å². The predicted octanol–water partition coefficient (Wildman–Crippen LogP) is 1.24. The molecule has 0 amide bonds. The van der Waals surface area contributed by atoms with Crippen molar-refractivity contribution in [3.8, 4) is 0 Å². The minimum absolute atomic E-state index is 0.102. The maximum absolute atomic E-state index is 5.74. The van der Waals surface area contributed by atoms with Gasteiger partial charge in [-0.15, -0.1) is 0 Å². The Labute approximate surface area is 126 Å². The summed E-state index contributed by atoms with van der Waals surface area (Å²) in [6.07, 6.45) is 4.94. The Bertz CT molecular complexity index is 399. The first kappa shape index (κ1) is 14.9. The van der Waals surface area contributed by atoms with Crippen molar-refractivity contribution in [1.82, 2.24) is 19.7 Å². The SMILES string of the molecule is CCc1nc(CN2CCCCC2)n(C[C@@H]2COCCO2)n1. The molecule has 2 fully saturated rings. The van der Waals surface area contributed by atoms with Gasteiger partial charge in [-0.1, -0.05) is 13.3 Å². The molecule has 1 atom stereocenters. The highest BCUT2D eigenvalue weighted by atomic mass is 16.6. The number of aryl methyl sites for hydroxylation is 1. The lowest BCUT2D eigenvalue weighted by Crippen LogP contribution is -2.34. The lowest BCUT2D eigenvalue weighted by Gasteiger charge is -2.27. The summed E-state index contributed by atoms with van der Waals surface area (Å²) in [6.45, 7) is 8.15. The average Bonchev–Trinajstić information content (AvgIpc) is 2.91. The van der Waals surface area contributed by atoms with Gasteiger partial charge < -0.3 is 9.47 Å². The lowest BCUT2D eigenvalue weighted by atomic mass is 10.1. The third-order valence-corrected chi connectivity index (χ3v) is 4.18. The molecule has 21 heavy (non-hydrogen) atoms. The zero-order chi connectivity index (χ0) is 14.5. The largest absolute Gasteiger partial charge is 0.376 e. The van der Waals surface area contributed by atoms with Crippen LogP contribution in [0.1, 0.15) is 37.8 Å². The van der Waals surface area contributed by atoms with Crippen molar-refractivity contribution in [3.05, 3.63) is 11.6 Å². The molecule has 0 bridgehead atoms. The van der Waals surface area contributed by atoms with Crippen molar-refractivity contribution in [3.63, 3.8) is 0 Å². The summed E-state index contributed by atoms with van der Waals surface area (Å²) in [7, 11) is 0. The number of hydrogen-bond donors (Lipinski definition) is 0. The van der Waals surface area contributed by atoms with E-state index in [1.54, 1.807) is 0 Å². The summed E-state index contributed by atoms with van der Waals surface area (Å²) in [5, 5.41) is 4.63. The molecule has 1 aromatic heterocycles. The van der Waals surface area contributed by atoms with Gasteiger partial charge in [0.2, 0.25) is 0 Å². The molecule has 3 heterocycles. The highest BCUT2D eigenvalue weighted by Gasteiger charge is 2.20. The first-order chi connectivity index (χ1) is 10.3. The van der Waals surface area contributed by atoms with Crippen molar-refractivity contribution in [2.75, 3.05) is 32.9 Å². The van der Waals surface area contributed by atoms with Gasteiger partial charge in [-0.3, -0.25) is 4.90 Å². The molecule has 3 rings (SSSR count). The second kappa shape index (κ2) is 7.33. The molecule has 0 saturated carbocycles. The van der Waals surface area contributed by atoms with E-state index in [2.05, 4.69) is 16.9 Å². The van der Waals surface area contributed by atoms with Gasteiger partial charge >= 0.3 is 0 Å². The number of ether oxygens (including phenoxy) is 2. The molecule has 2 saturated heterocycles. The Morgan fingerprint density at radius 1 is 1.19 bits per heavy atom. The maximum atomic E-state index is 5.74. The summed E-state index contributed by atoms with van der Waals surface area (Å²) >= 11 is 0. The number of hydrogen-bond acceptors (Lipinski definition) is 5. The Morgan fingerprint density at radius 2 is 2.05 bits per heavy atom. The van der Waals surface area contributed by atoms with E-state index in [0.717, 1.165) is 31.2 Å². The predicted molar refractivity (Wildman–Crippen MR) is 79.1 cm³/mol. The van der Waals surface area contributed by atoms with E-state index in [1.165, 1.54) is 32.4 Å². The number of rotatable bonds is 5. The van der Waals surface area contributed by atoms with Crippen LogP contribution in [0.5, 0.6) is 0 Å². The molecule has 0 aliphatic carbocycles. The quantitative estimate of drug-likeness (QED) is 0.818. The normalized spacial score (nSPS) is 24.3. The van der Waals surface area contributed by atoms with Crippen molar-refractivity contribution < 1.29 is 9.47 Å². The summed E-state index contributed by atoms with van der Waals surface area (Å²) in [5.74, 6) is 2.00. The second-order valence-corrected chi connectivity index (χ2v) is 5.88. The summed E-state index contributed by atoms with van der Waals surface area (Å²) in [5.41, 5.74) is 0. The fourth-order valence-corrected chi connectivity index (χ4v) is 2.99. The van der Waals surface area contributed by atoms with Crippen LogP contribution in [0.4, 0.5) is 0 Å². The summed E-state index contributed by atoms with van der Waals surface area (Å²) in [4.78, 5) is 7.19. The number of likely N-dealkylation sites (tertiary alicyclic amines) is 1. The zero-order valence-electron chi connectivity index (χ0n) is 13.0. The molecule has 0 spiro atoms. The van der Waals surface area contributed by atoms with E-state index in [1.807, 2.05) is 4.68 Å². The van der Waals surface area contributed by atoms with Crippen LogP contribution < -0.4 is 0 Å². The second-order valence-electron chi connectivity index (χ2n) is 5.88. The van der Waals surface area contributed by atoms with Crippen molar-refractivity contribution in [2.24, 2.45) is 0 Å². The number of piperidine rings is 1. The maximum Gasteiger partial charge on any atom is 0.150 e. The van der Waals surface area contributed by atoms with Crippen LogP contribution in [0.2, 0.25) is 0 Å². The minimum Gasteiger partial charge on any atom is -0.376 e. The number of nitrogens with zero attached hydrogens (tertiary/aromatic N) is 4. The first-order valence-electron chi connectivity index (χ1n) is 8.19. The average molecular weight is 294 g/mol. The van der Waals surface area contributed by atoms with Crippen LogP contribution in [-0.4, -0.2) is 58.7 Å². The van der Waals surface area contributed by atoms with Crippen LogP contribution in [0.3, 0.4) is 0 Å². The fourth-order valence-electron chi connectivity index (χ4n) is 2.99. The van der Waals surface area contributed by atoms with E-state index >= 15 is 0 Å². The van der Waals surface area contributed by atoms with Crippen LogP contribution in [0.25, 0.3) is 0 Å². The Balaban J connectivity index is 1.66. The zero-order valence-corrected chi connectivity index (χ0v) is 13.0. The van der Waals surface area contributed by atoms with Gasteiger partial charge in [-0.2, -0.15) is 5.10 Å². The van der Waals surface area contributed by atoms with E-state index in [0.29, 0.717) is 19.8 Å². The minimum atomic E-state index is 0.102. The fraction of sp³-hybridized carbons (Fsp3) is 0.867. The molecular weight excluding hydrogens is 268 g/mol. The van der Waals surface area contributed by atoms with Gasteiger partial charge in [0, 0.05) is 6.42 Å². The molecule has 6 heteroatoms. The molecule has 0 radical (unpaired) electrons. The smallest absolute Gasteiger partial charge is 0.150 e. The Kier molecular flexibility index (Phi) is 5.22. The molecule has 2 aliphatic rings. The third kappa shape index (κ3) is 4.02. The molecule has 6 nitrogen and oxygen atoms in total. The van der Waals surface area contributed by atoms with Gasteiger partial charge in [0.1, 0.15) is 11.9 Å². The van der Waals surface area contributed by atoms with E-state index in [9.17, 15) is 0 Å². The standard InChI is InChI=1S/C15H26N4O2/c1-2-14-16-15(11-18-6-4-3-5-7-18)19(17-14)10-13-12-20-8-9-21-13/h13H,2-12H2,1H3/t13-/m1/s1. The topological polar surface area (TPSA) is 52.4 Å². The summed E-state index contributed by atoms with van der Waals surface area (Å²) < 4.78 is 13.3. The van der Waals surface area contributed by atoms with E-state index < -0.39 is 0 Å². The molecule has 118 valence electrons. The van der Waals surface area contributed by atoms with Crippen molar-refractivity contribution in [2.45, 2.75) is 51.8 Å². The summed E-state index contributed by atoms with van der Waals surface area (Å²) in [6, 6.07) is 0. The van der Waals surface area contributed by atoms with Gasteiger partial charge in [-0.05, 0) is 25.9 Å². The van der Waals surface area contributed by atoms with E-state index in [4.69, 9.17) is 14.5 Å². The third-order valence-electron chi connectivity index (χ3n) is 4.18. The highest BCUT2D eigenvalue weighted by Crippen LogP contribution is 2.13. The monoisotopic (exact) mass is 294 g/mol. The molecule has 2 aliphatic heterocycles. The lowest BCUT2D eigenvalue weighted by molar-refractivity contribution is -0.0950. The van der Waals surface area contributed by atoms with E-state index in [-0.39, 0.29) is 6.10 Å². The first-order valence-corrected chi connectivity index (χ1v) is 8.19. The van der Waals surface area contributed by atoms with Crippen LogP contribution in [-0.2, 0) is 29.0 Å².